The van der Waals surface area contributed by atoms with E-state index in [0.29, 0.717) is 12.5 Å². The van der Waals surface area contributed by atoms with Gasteiger partial charge in [0.25, 0.3) is 0 Å². The van der Waals surface area contributed by atoms with Crippen LogP contribution in [0.2, 0.25) is 0 Å². The molecule has 0 aliphatic carbocycles. The lowest BCUT2D eigenvalue weighted by Crippen LogP contribution is -2.45. The molecule has 13 heteroatoms. The zero-order valence-corrected chi connectivity index (χ0v) is 14.0. The summed E-state index contributed by atoms with van der Waals surface area (Å²) in [6.45, 7) is -0.261. The summed E-state index contributed by atoms with van der Waals surface area (Å²) >= 11 is 0. The largest absolute Gasteiger partial charge is 0.459 e. The number of hydrogen-bond acceptors (Lipinski definition) is 5. The molecule has 1 aliphatic heterocycles. The maximum atomic E-state index is 12.6. The molecule has 0 spiro atoms. The fourth-order valence-electron chi connectivity index (χ4n) is 2.33. The summed E-state index contributed by atoms with van der Waals surface area (Å²) in [5, 5.41) is 0. The Morgan fingerprint density at radius 1 is 1.23 bits per heavy atom. The smallest absolute Gasteiger partial charge is 0.433 e. The molecule has 1 unspecified atom stereocenters. The van der Waals surface area contributed by atoms with E-state index in [-0.39, 0.29) is 19.5 Å². The Bertz CT molecular complexity index is 723. The highest BCUT2D eigenvalue weighted by Crippen LogP contribution is 2.28. The summed E-state index contributed by atoms with van der Waals surface area (Å²) in [6, 6.07) is 0.0844. The molecule has 2 heterocycles. The van der Waals surface area contributed by atoms with Crippen molar-refractivity contribution in [2.45, 2.75) is 37.7 Å². The van der Waals surface area contributed by atoms with E-state index in [0.717, 1.165) is 10.5 Å². The third-order valence-electron chi connectivity index (χ3n) is 3.57. The van der Waals surface area contributed by atoms with Crippen LogP contribution in [0, 0.1) is 0 Å². The molecule has 1 fully saturated rings. The quantitative estimate of drug-likeness (QED) is 0.702. The summed E-state index contributed by atoms with van der Waals surface area (Å²) in [5.41, 5.74) is -1.21. The van der Waals surface area contributed by atoms with Crippen molar-refractivity contribution in [1.82, 2.24) is 14.3 Å². The van der Waals surface area contributed by atoms with E-state index in [9.17, 15) is 34.8 Å². The second-order valence-electron chi connectivity index (χ2n) is 5.64. The lowest BCUT2D eigenvalue weighted by Gasteiger charge is -2.31. The number of hydrogen-bond donors (Lipinski definition) is 0. The average molecular weight is 407 g/mol. The molecule has 0 radical (unpaired) electrons. The third-order valence-corrected chi connectivity index (χ3v) is 5.41. The van der Waals surface area contributed by atoms with Crippen LogP contribution in [0.5, 0.6) is 6.01 Å². The number of ether oxygens (including phenoxy) is 1. The van der Waals surface area contributed by atoms with E-state index in [2.05, 4.69) is 9.97 Å². The number of rotatable bonds is 5. The molecule has 26 heavy (non-hydrogen) atoms. The van der Waals surface area contributed by atoms with Gasteiger partial charge < -0.3 is 4.74 Å². The Kier molecular flexibility index (Phi) is 6.00. The maximum Gasteiger partial charge on any atom is 0.433 e. The Labute approximate surface area is 145 Å². The third kappa shape index (κ3) is 5.97. The van der Waals surface area contributed by atoms with Gasteiger partial charge in [-0.05, 0) is 18.9 Å². The number of nitrogens with zero attached hydrogens (tertiary/aromatic N) is 3. The second kappa shape index (κ2) is 7.55. The van der Waals surface area contributed by atoms with Gasteiger partial charge in [-0.25, -0.2) is 13.4 Å². The van der Waals surface area contributed by atoms with Crippen LogP contribution in [-0.2, 0) is 16.2 Å². The summed E-state index contributed by atoms with van der Waals surface area (Å²) in [5.74, 6) is -1.09. The fraction of sp³-hybridized carbons (Fsp3) is 0.692. The van der Waals surface area contributed by atoms with Gasteiger partial charge in [-0.3, -0.25) is 0 Å². The van der Waals surface area contributed by atoms with Crippen molar-refractivity contribution in [3.8, 4) is 6.01 Å². The highest BCUT2D eigenvalue weighted by Gasteiger charge is 2.36. The molecule has 0 N–H and O–H groups in total. The van der Waals surface area contributed by atoms with Crippen molar-refractivity contribution in [1.29, 1.82) is 0 Å². The SMILES string of the molecule is O=S(=O)(CCC(F)(F)F)N1CCCC(Oc2nccc(C(F)(F)F)n2)C1. The first kappa shape index (κ1) is 20.7. The molecule has 1 aromatic heterocycles. The first-order chi connectivity index (χ1) is 11.9. The van der Waals surface area contributed by atoms with E-state index in [1.165, 1.54) is 0 Å². The van der Waals surface area contributed by atoms with Gasteiger partial charge in [-0.1, -0.05) is 0 Å². The molecule has 1 atom stereocenters. The van der Waals surface area contributed by atoms with Gasteiger partial charge in [0.05, 0.1) is 18.7 Å². The van der Waals surface area contributed by atoms with Crippen LogP contribution in [0.25, 0.3) is 0 Å². The molecule has 1 saturated heterocycles. The van der Waals surface area contributed by atoms with Gasteiger partial charge in [0.15, 0.2) is 5.69 Å². The second-order valence-corrected chi connectivity index (χ2v) is 7.73. The molecule has 2 rings (SSSR count). The fourth-order valence-corrected chi connectivity index (χ4v) is 3.88. The molecule has 0 aromatic carbocycles. The van der Waals surface area contributed by atoms with Gasteiger partial charge in [-0.15, -0.1) is 0 Å². The summed E-state index contributed by atoms with van der Waals surface area (Å²) in [4.78, 5) is 6.77. The first-order valence-corrected chi connectivity index (χ1v) is 9.09. The van der Waals surface area contributed by atoms with Gasteiger partial charge >= 0.3 is 18.4 Å². The standard InChI is InChI=1S/C13H15F6N3O3S/c14-12(15,16)4-7-26(23,24)22-6-1-2-9(8-22)25-11-20-5-3-10(21-11)13(17,18)19/h3,5,9H,1-2,4,6-8H2. The highest BCUT2D eigenvalue weighted by atomic mass is 32.2. The van der Waals surface area contributed by atoms with Gasteiger partial charge in [-0.2, -0.15) is 35.6 Å². The minimum atomic E-state index is -4.69. The van der Waals surface area contributed by atoms with Crippen molar-refractivity contribution < 1.29 is 39.5 Å². The maximum absolute atomic E-state index is 12.6. The summed E-state index contributed by atoms with van der Waals surface area (Å²) in [6.07, 6.45) is -10.2. The van der Waals surface area contributed by atoms with Crippen molar-refractivity contribution >= 4 is 10.0 Å². The molecule has 148 valence electrons. The number of piperidine rings is 1. The lowest BCUT2D eigenvalue weighted by molar-refractivity contribution is -0.141. The van der Waals surface area contributed by atoms with E-state index in [4.69, 9.17) is 4.74 Å². The number of alkyl halides is 6. The predicted octanol–water partition coefficient (Wildman–Crippen LogP) is 2.62. The van der Waals surface area contributed by atoms with Crippen molar-refractivity contribution in [2.24, 2.45) is 0 Å². The van der Waals surface area contributed by atoms with E-state index >= 15 is 0 Å². The molecule has 0 bridgehead atoms. The molecule has 0 saturated carbocycles. The molecule has 0 amide bonds. The first-order valence-electron chi connectivity index (χ1n) is 7.48. The van der Waals surface area contributed by atoms with Crippen LogP contribution in [0.15, 0.2) is 12.3 Å². The average Bonchev–Trinajstić information content (AvgIpc) is 2.52. The number of aromatic nitrogens is 2. The van der Waals surface area contributed by atoms with Crippen LogP contribution in [0.3, 0.4) is 0 Å². The molecule has 1 aliphatic rings. The Balaban J connectivity index is 2.02. The zero-order chi connectivity index (χ0) is 19.6. The minimum absolute atomic E-state index is 0.0174. The number of sulfonamides is 1. The van der Waals surface area contributed by atoms with E-state index < -0.39 is 52.4 Å². The van der Waals surface area contributed by atoms with Crippen LogP contribution in [-0.4, -0.2) is 53.8 Å². The summed E-state index contributed by atoms with van der Waals surface area (Å²) in [7, 11) is -4.16. The van der Waals surface area contributed by atoms with Crippen LogP contribution < -0.4 is 4.74 Å². The number of halogens is 6. The zero-order valence-electron chi connectivity index (χ0n) is 13.2. The molecular formula is C13H15F6N3O3S. The Morgan fingerprint density at radius 3 is 2.54 bits per heavy atom. The van der Waals surface area contributed by atoms with Crippen molar-refractivity contribution in [3.05, 3.63) is 18.0 Å². The molecular weight excluding hydrogens is 392 g/mol. The molecule has 6 nitrogen and oxygen atoms in total. The lowest BCUT2D eigenvalue weighted by atomic mass is 10.1. The van der Waals surface area contributed by atoms with Crippen LogP contribution in [0.1, 0.15) is 25.0 Å². The molecule has 1 aromatic rings. The monoisotopic (exact) mass is 407 g/mol. The van der Waals surface area contributed by atoms with Crippen LogP contribution >= 0.6 is 0 Å². The van der Waals surface area contributed by atoms with Gasteiger partial charge in [0.1, 0.15) is 6.10 Å². The predicted molar refractivity (Wildman–Crippen MR) is 76.7 cm³/mol. The minimum Gasteiger partial charge on any atom is -0.459 e. The van der Waals surface area contributed by atoms with Crippen LogP contribution in [0.4, 0.5) is 26.3 Å². The Morgan fingerprint density at radius 2 is 1.92 bits per heavy atom. The Hall–Kier alpha value is -1.63. The van der Waals surface area contributed by atoms with Gasteiger partial charge in [0, 0.05) is 12.7 Å². The van der Waals surface area contributed by atoms with Gasteiger partial charge in [0.2, 0.25) is 10.0 Å². The van der Waals surface area contributed by atoms with E-state index in [1.54, 1.807) is 0 Å². The van der Waals surface area contributed by atoms with Crippen molar-refractivity contribution in [3.63, 3.8) is 0 Å². The van der Waals surface area contributed by atoms with E-state index in [1.807, 2.05) is 0 Å². The van der Waals surface area contributed by atoms with Crippen molar-refractivity contribution in [2.75, 3.05) is 18.8 Å². The highest BCUT2D eigenvalue weighted by molar-refractivity contribution is 7.89. The topological polar surface area (TPSA) is 72.4 Å². The summed E-state index contributed by atoms with van der Waals surface area (Å²) < 4.78 is 105. The normalized spacial score (nSPS) is 20.2.